The van der Waals surface area contributed by atoms with E-state index in [0.717, 1.165) is 37.0 Å². The van der Waals surface area contributed by atoms with Crippen molar-refractivity contribution >= 4 is 28.9 Å². The molecule has 0 atom stereocenters. The monoisotopic (exact) mass is 393 g/mol. The number of anilines is 2. The fraction of sp³-hybridized carbons (Fsp3) is 0.261. The van der Waals surface area contributed by atoms with Gasteiger partial charge < -0.3 is 4.90 Å². The average molecular weight is 393 g/mol. The Morgan fingerprint density at radius 1 is 1.17 bits per heavy atom. The van der Waals surface area contributed by atoms with Gasteiger partial charge in [-0.05, 0) is 55.5 Å². The summed E-state index contributed by atoms with van der Waals surface area (Å²) in [6.45, 7) is 0.737. The van der Waals surface area contributed by atoms with Crippen molar-refractivity contribution in [3.8, 4) is 17.9 Å². The molecular formula is C23H19N7. The number of benzene rings is 1. The summed E-state index contributed by atoms with van der Waals surface area (Å²) in [6, 6.07) is 11.5. The van der Waals surface area contributed by atoms with Crippen molar-refractivity contribution in [3.05, 3.63) is 52.8 Å². The van der Waals surface area contributed by atoms with Gasteiger partial charge in [0.05, 0.1) is 11.9 Å². The predicted molar refractivity (Wildman–Crippen MR) is 114 cm³/mol. The Balaban J connectivity index is 1.72. The van der Waals surface area contributed by atoms with Crippen LogP contribution in [-0.4, -0.2) is 27.4 Å². The van der Waals surface area contributed by atoms with E-state index in [-0.39, 0.29) is 11.3 Å². The molecule has 1 aromatic carbocycles. The molecule has 0 unspecified atom stereocenters. The van der Waals surface area contributed by atoms with Crippen LogP contribution in [0, 0.1) is 39.9 Å². The highest BCUT2D eigenvalue weighted by molar-refractivity contribution is 5.92. The molecule has 0 bridgehead atoms. The van der Waals surface area contributed by atoms with Crippen molar-refractivity contribution in [2.24, 2.45) is 5.92 Å². The van der Waals surface area contributed by atoms with Crippen LogP contribution in [-0.2, 0) is 6.42 Å². The van der Waals surface area contributed by atoms with E-state index < -0.39 is 0 Å². The molecule has 1 saturated carbocycles. The number of aromatic nitrogens is 3. The molecule has 0 spiro atoms. The molecule has 7 nitrogen and oxygen atoms in total. The van der Waals surface area contributed by atoms with E-state index in [0.29, 0.717) is 22.8 Å². The van der Waals surface area contributed by atoms with Crippen LogP contribution >= 0.6 is 0 Å². The summed E-state index contributed by atoms with van der Waals surface area (Å²) >= 11 is 0. The second-order valence-electron chi connectivity index (χ2n) is 7.54. The summed E-state index contributed by atoms with van der Waals surface area (Å²) in [5.74, 6) is 7.80. The molecule has 1 fully saturated rings. The molecule has 146 valence electrons. The number of nitrogens with zero attached hydrogens (tertiary/aromatic N) is 5. The van der Waals surface area contributed by atoms with Gasteiger partial charge in [-0.15, -0.1) is 0 Å². The number of nitriles is 1. The Morgan fingerprint density at radius 3 is 2.80 bits per heavy atom. The highest BCUT2D eigenvalue weighted by atomic mass is 15.2. The zero-order valence-corrected chi connectivity index (χ0v) is 16.3. The Labute approximate surface area is 173 Å². The van der Waals surface area contributed by atoms with Crippen LogP contribution in [0.5, 0.6) is 0 Å². The van der Waals surface area contributed by atoms with Crippen molar-refractivity contribution in [2.45, 2.75) is 25.7 Å². The quantitative estimate of drug-likeness (QED) is 0.396. The lowest BCUT2D eigenvalue weighted by molar-refractivity contribution is 0.753. The minimum atomic E-state index is -0.0455. The molecule has 3 heterocycles. The normalized spacial score (nSPS) is 15.1. The number of hydrogen-bond acceptors (Lipinski definition) is 6. The standard InChI is InChI=1S/C23H19N7/c24-13-17-10-11-20-21(27-17)22(28-23(26)30(20)14-25)29-12-2-4-18-16(3-1-5-19(18)29)9-8-15-6-7-15/h1,3,5,10-11,14-15,25-26H,2,4,6-7,12H2. The van der Waals surface area contributed by atoms with Crippen LogP contribution in [0.2, 0.25) is 0 Å². The fourth-order valence-corrected chi connectivity index (χ4v) is 3.88. The zero-order chi connectivity index (χ0) is 20.7. The number of pyridine rings is 1. The largest absolute Gasteiger partial charge is 0.324 e. The van der Waals surface area contributed by atoms with E-state index in [1.807, 2.05) is 6.07 Å². The lowest BCUT2D eigenvalue weighted by Gasteiger charge is -2.31. The first-order valence-electron chi connectivity index (χ1n) is 9.99. The third-order valence-electron chi connectivity index (χ3n) is 5.52. The Hall–Kier alpha value is -3.97. The molecular weight excluding hydrogens is 374 g/mol. The van der Waals surface area contributed by atoms with Gasteiger partial charge in [0.15, 0.2) is 5.82 Å². The van der Waals surface area contributed by atoms with Crippen molar-refractivity contribution in [1.82, 2.24) is 14.5 Å². The van der Waals surface area contributed by atoms with Gasteiger partial charge in [-0.1, -0.05) is 17.9 Å². The van der Waals surface area contributed by atoms with Crippen LogP contribution in [0.15, 0.2) is 30.3 Å². The molecule has 1 aliphatic heterocycles. The van der Waals surface area contributed by atoms with Gasteiger partial charge in [0.1, 0.15) is 17.3 Å². The molecule has 0 radical (unpaired) electrons. The van der Waals surface area contributed by atoms with E-state index in [1.165, 1.54) is 23.0 Å². The maximum atomic E-state index is 9.33. The molecule has 30 heavy (non-hydrogen) atoms. The first kappa shape index (κ1) is 18.1. The third kappa shape index (κ3) is 3.01. The van der Waals surface area contributed by atoms with E-state index >= 15 is 0 Å². The van der Waals surface area contributed by atoms with Gasteiger partial charge in [0.2, 0.25) is 5.62 Å². The van der Waals surface area contributed by atoms with Crippen molar-refractivity contribution in [2.75, 3.05) is 11.4 Å². The first-order valence-corrected chi connectivity index (χ1v) is 9.99. The number of fused-ring (bicyclic) bond motifs is 2. The third-order valence-corrected chi connectivity index (χ3v) is 5.52. The highest BCUT2D eigenvalue weighted by Crippen LogP contribution is 2.36. The van der Waals surface area contributed by atoms with Gasteiger partial charge >= 0.3 is 0 Å². The van der Waals surface area contributed by atoms with Gasteiger partial charge in [-0.3, -0.25) is 15.4 Å². The molecule has 3 aromatic rings. The fourth-order valence-electron chi connectivity index (χ4n) is 3.88. The summed E-state index contributed by atoms with van der Waals surface area (Å²) in [5, 5.41) is 25.3. The highest BCUT2D eigenvalue weighted by Gasteiger charge is 2.25. The Bertz CT molecular complexity index is 1350. The van der Waals surface area contributed by atoms with Gasteiger partial charge in [-0.25, -0.2) is 4.98 Å². The summed E-state index contributed by atoms with van der Waals surface area (Å²) in [4.78, 5) is 11.0. The Kier molecular flexibility index (Phi) is 4.30. The summed E-state index contributed by atoms with van der Waals surface area (Å²) < 4.78 is 1.36. The maximum Gasteiger partial charge on any atom is 0.229 e. The zero-order valence-electron chi connectivity index (χ0n) is 16.3. The van der Waals surface area contributed by atoms with E-state index in [1.54, 1.807) is 12.1 Å². The lowest BCUT2D eigenvalue weighted by Crippen LogP contribution is -2.31. The number of rotatable bonds is 2. The van der Waals surface area contributed by atoms with Gasteiger partial charge in [-0.2, -0.15) is 10.2 Å². The Morgan fingerprint density at radius 2 is 2.03 bits per heavy atom. The van der Waals surface area contributed by atoms with Crippen LogP contribution in [0.3, 0.4) is 0 Å². The summed E-state index contributed by atoms with van der Waals surface area (Å²) in [6.07, 6.45) is 5.31. The number of nitrogens with one attached hydrogen (secondary N) is 2. The lowest BCUT2D eigenvalue weighted by atomic mass is 9.96. The van der Waals surface area contributed by atoms with Crippen molar-refractivity contribution in [1.29, 1.82) is 16.1 Å². The molecule has 0 amide bonds. The molecule has 5 rings (SSSR count). The second kappa shape index (κ2) is 7.13. The predicted octanol–water partition coefficient (Wildman–Crippen LogP) is 3.08. The molecule has 2 N–H and O–H groups in total. The molecule has 2 aromatic heterocycles. The van der Waals surface area contributed by atoms with E-state index in [9.17, 15) is 5.26 Å². The van der Waals surface area contributed by atoms with Crippen LogP contribution in [0.4, 0.5) is 11.5 Å². The van der Waals surface area contributed by atoms with Crippen molar-refractivity contribution < 1.29 is 0 Å². The minimum absolute atomic E-state index is 0.0455. The molecule has 7 heteroatoms. The van der Waals surface area contributed by atoms with E-state index in [2.05, 4.69) is 44.9 Å². The second-order valence-corrected chi connectivity index (χ2v) is 7.54. The van der Waals surface area contributed by atoms with Crippen LogP contribution in [0.25, 0.3) is 11.0 Å². The van der Waals surface area contributed by atoms with Crippen LogP contribution < -0.4 is 10.5 Å². The molecule has 1 aliphatic carbocycles. The summed E-state index contributed by atoms with van der Waals surface area (Å²) in [5.41, 5.74) is 4.59. The van der Waals surface area contributed by atoms with Gasteiger partial charge in [0.25, 0.3) is 0 Å². The maximum absolute atomic E-state index is 9.33. The average Bonchev–Trinajstić information content (AvgIpc) is 3.61. The first-order chi connectivity index (χ1) is 14.7. The topological polar surface area (TPSA) is 105 Å². The van der Waals surface area contributed by atoms with Crippen molar-refractivity contribution in [3.63, 3.8) is 0 Å². The minimum Gasteiger partial charge on any atom is -0.324 e. The van der Waals surface area contributed by atoms with E-state index in [4.69, 9.17) is 10.8 Å². The number of hydrogen-bond donors (Lipinski definition) is 2. The SMILES string of the molecule is N#Cc1ccc2c(n1)c(N1CCCc3c(C#CC4CC4)cccc31)nc(=N)n2C=N. The summed E-state index contributed by atoms with van der Waals surface area (Å²) in [7, 11) is 0. The molecule has 0 saturated heterocycles. The molecule has 2 aliphatic rings. The van der Waals surface area contributed by atoms with Gasteiger partial charge in [0, 0.05) is 23.7 Å². The smallest absolute Gasteiger partial charge is 0.229 e. The van der Waals surface area contributed by atoms with Crippen LogP contribution in [0.1, 0.15) is 36.1 Å².